The van der Waals surface area contributed by atoms with Crippen molar-refractivity contribution in [2.75, 3.05) is 14.2 Å². The van der Waals surface area contributed by atoms with Crippen LogP contribution in [-0.4, -0.2) is 30.4 Å². The number of carboxylic acids is 1. The van der Waals surface area contributed by atoms with Gasteiger partial charge in [0.25, 0.3) is 0 Å². The second-order valence-corrected chi connectivity index (χ2v) is 4.90. The summed E-state index contributed by atoms with van der Waals surface area (Å²) >= 11 is 0. The van der Waals surface area contributed by atoms with Crippen LogP contribution in [0.2, 0.25) is 0 Å². The minimum Gasteiger partial charge on any atom is -0.505 e. The number of rotatable bonds is 6. The molecular formula is C14H17FO5. The third-order valence-corrected chi connectivity index (χ3v) is 3.58. The maximum atomic E-state index is 14.3. The second kappa shape index (κ2) is 5.56. The Labute approximate surface area is 115 Å². The van der Waals surface area contributed by atoms with Gasteiger partial charge in [0.2, 0.25) is 0 Å². The van der Waals surface area contributed by atoms with E-state index >= 15 is 0 Å². The van der Waals surface area contributed by atoms with Gasteiger partial charge in [-0.25, -0.2) is 4.39 Å². The number of methoxy groups -OCH3 is 2. The van der Waals surface area contributed by atoms with Crippen molar-refractivity contribution in [3.8, 4) is 17.2 Å². The van der Waals surface area contributed by atoms with Gasteiger partial charge in [-0.05, 0) is 18.8 Å². The number of aromatic hydroxyl groups is 1. The highest BCUT2D eigenvalue weighted by molar-refractivity contribution is 5.69. The first-order chi connectivity index (χ1) is 9.49. The number of hydrogen-bond donors (Lipinski definition) is 2. The lowest BCUT2D eigenvalue weighted by Crippen LogP contribution is -2.12. The lowest BCUT2D eigenvalue weighted by molar-refractivity contribution is -0.137. The molecule has 0 heterocycles. The largest absolute Gasteiger partial charge is 0.505 e. The van der Waals surface area contributed by atoms with Crippen LogP contribution in [0.25, 0.3) is 0 Å². The summed E-state index contributed by atoms with van der Waals surface area (Å²) in [6.07, 6.45) is 1.49. The first-order valence-electron chi connectivity index (χ1n) is 6.34. The minimum absolute atomic E-state index is 0.0919. The Morgan fingerprint density at radius 2 is 2.10 bits per heavy atom. The summed E-state index contributed by atoms with van der Waals surface area (Å²) in [6.45, 7) is 0. The topological polar surface area (TPSA) is 76.0 Å². The molecule has 1 unspecified atom stereocenters. The molecule has 20 heavy (non-hydrogen) atoms. The second-order valence-electron chi connectivity index (χ2n) is 4.90. The van der Waals surface area contributed by atoms with Crippen LogP contribution in [0.3, 0.4) is 0 Å². The molecule has 0 aliphatic heterocycles. The van der Waals surface area contributed by atoms with E-state index in [1.807, 2.05) is 0 Å². The molecule has 0 aromatic heterocycles. The molecule has 6 heteroatoms. The number of carboxylic acid groups (broad SMARTS) is 1. The van der Waals surface area contributed by atoms with Crippen LogP contribution in [0.4, 0.5) is 4.39 Å². The van der Waals surface area contributed by atoms with Crippen molar-refractivity contribution in [3.63, 3.8) is 0 Å². The molecule has 1 saturated carbocycles. The van der Waals surface area contributed by atoms with Crippen molar-refractivity contribution in [2.45, 2.75) is 25.2 Å². The molecule has 1 aliphatic rings. The van der Waals surface area contributed by atoms with Crippen molar-refractivity contribution in [1.29, 1.82) is 0 Å². The van der Waals surface area contributed by atoms with Crippen LogP contribution in [0.1, 0.15) is 30.7 Å². The van der Waals surface area contributed by atoms with E-state index in [-0.39, 0.29) is 29.4 Å². The Hall–Kier alpha value is -1.98. The van der Waals surface area contributed by atoms with Gasteiger partial charge in [0, 0.05) is 17.5 Å². The molecule has 5 nitrogen and oxygen atoms in total. The standard InChI is InChI=1S/C14H17FO5/c1-19-10-6-9(16)13(15)12(14(10)20-2)8(5-11(17)18)7-3-4-7/h6-8,16H,3-5H2,1-2H3,(H,17,18). The van der Waals surface area contributed by atoms with Crippen molar-refractivity contribution in [3.05, 3.63) is 17.4 Å². The summed E-state index contributed by atoms with van der Waals surface area (Å²) < 4.78 is 24.5. The molecule has 1 aromatic carbocycles. The van der Waals surface area contributed by atoms with Gasteiger partial charge in [0.1, 0.15) is 0 Å². The number of phenolic OH excluding ortho intramolecular Hbond substituents is 1. The van der Waals surface area contributed by atoms with Crippen LogP contribution in [-0.2, 0) is 4.79 Å². The van der Waals surface area contributed by atoms with Gasteiger partial charge in [-0.1, -0.05) is 0 Å². The summed E-state index contributed by atoms with van der Waals surface area (Å²) in [4.78, 5) is 11.0. The van der Waals surface area contributed by atoms with Gasteiger partial charge in [0.05, 0.1) is 20.6 Å². The molecule has 1 aliphatic carbocycles. The van der Waals surface area contributed by atoms with Crippen molar-refractivity contribution < 1.29 is 28.9 Å². The van der Waals surface area contributed by atoms with Gasteiger partial charge >= 0.3 is 5.97 Å². The molecule has 0 radical (unpaired) electrons. The Bertz CT molecular complexity index is 525. The summed E-state index contributed by atoms with van der Waals surface area (Å²) in [5.41, 5.74) is 0.0919. The first kappa shape index (κ1) is 14.4. The van der Waals surface area contributed by atoms with Crippen LogP contribution < -0.4 is 9.47 Å². The Morgan fingerprint density at radius 3 is 2.55 bits per heavy atom. The number of benzene rings is 1. The van der Waals surface area contributed by atoms with Gasteiger partial charge < -0.3 is 19.7 Å². The number of aliphatic carboxylic acids is 1. The zero-order valence-electron chi connectivity index (χ0n) is 11.4. The predicted molar refractivity (Wildman–Crippen MR) is 68.9 cm³/mol. The fourth-order valence-electron chi connectivity index (χ4n) is 2.51. The minimum atomic E-state index is -1.01. The Kier molecular flexibility index (Phi) is 4.01. The number of carbonyl (C=O) groups is 1. The maximum Gasteiger partial charge on any atom is 0.303 e. The Morgan fingerprint density at radius 1 is 1.45 bits per heavy atom. The highest BCUT2D eigenvalue weighted by Gasteiger charge is 2.38. The molecule has 1 fully saturated rings. The van der Waals surface area contributed by atoms with Crippen LogP contribution >= 0.6 is 0 Å². The van der Waals surface area contributed by atoms with Crippen molar-refractivity contribution in [2.24, 2.45) is 5.92 Å². The Balaban J connectivity index is 2.56. The smallest absolute Gasteiger partial charge is 0.303 e. The summed E-state index contributed by atoms with van der Waals surface area (Å²) in [5.74, 6) is -2.48. The molecule has 0 amide bonds. The average molecular weight is 284 g/mol. The van der Waals surface area contributed by atoms with E-state index in [1.165, 1.54) is 14.2 Å². The fourth-order valence-corrected chi connectivity index (χ4v) is 2.51. The van der Waals surface area contributed by atoms with Crippen LogP contribution in [0, 0.1) is 11.7 Å². The third kappa shape index (κ3) is 2.64. The van der Waals surface area contributed by atoms with Crippen LogP contribution in [0.5, 0.6) is 17.2 Å². The van der Waals surface area contributed by atoms with Gasteiger partial charge in [-0.3, -0.25) is 4.79 Å². The number of ether oxygens (including phenoxy) is 2. The van der Waals surface area contributed by atoms with E-state index in [1.54, 1.807) is 0 Å². The molecule has 2 rings (SSSR count). The van der Waals surface area contributed by atoms with E-state index < -0.39 is 23.5 Å². The lowest BCUT2D eigenvalue weighted by Gasteiger charge is -2.21. The van der Waals surface area contributed by atoms with E-state index in [0.717, 1.165) is 18.9 Å². The van der Waals surface area contributed by atoms with Crippen molar-refractivity contribution >= 4 is 5.97 Å². The molecular weight excluding hydrogens is 267 g/mol. The number of phenols is 1. The molecule has 110 valence electrons. The first-order valence-corrected chi connectivity index (χ1v) is 6.34. The predicted octanol–water partition coefficient (Wildman–Crippen LogP) is 2.52. The molecule has 2 N–H and O–H groups in total. The zero-order chi connectivity index (χ0) is 14.9. The van der Waals surface area contributed by atoms with E-state index in [9.17, 15) is 14.3 Å². The number of halogens is 1. The fraction of sp³-hybridized carbons (Fsp3) is 0.500. The highest BCUT2D eigenvalue weighted by Crippen LogP contribution is 2.51. The lowest BCUT2D eigenvalue weighted by atomic mass is 9.89. The molecule has 0 saturated heterocycles. The van der Waals surface area contributed by atoms with Gasteiger partial charge in [-0.15, -0.1) is 0 Å². The summed E-state index contributed by atoms with van der Waals surface area (Å²) in [5, 5.41) is 18.7. The maximum absolute atomic E-state index is 14.3. The van der Waals surface area contributed by atoms with Gasteiger partial charge in [-0.2, -0.15) is 0 Å². The zero-order valence-corrected chi connectivity index (χ0v) is 11.4. The molecule has 0 bridgehead atoms. The van der Waals surface area contributed by atoms with Crippen LogP contribution in [0.15, 0.2) is 6.07 Å². The summed E-state index contributed by atoms with van der Waals surface area (Å²) in [7, 11) is 2.74. The average Bonchev–Trinajstić information content (AvgIpc) is 3.22. The van der Waals surface area contributed by atoms with E-state index in [2.05, 4.69) is 0 Å². The van der Waals surface area contributed by atoms with Gasteiger partial charge in [0.15, 0.2) is 23.1 Å². The number of hydrogen-bond acceptors (Lipinski definition) is 4. The van der Waals surface area contributed by atoms with E-state index in [4.69, 9.17) is 14.6 Å². The molecule has 1 aromatic rings. The molecule has 0 spiro atoms. The summed E-state index contributed by atoms with van der Waals surface area (Å²) in [6, 6.07) is 1.13. The normalized spacial score (nSPS) is 15.8. The molecule has 1 atom stereocenters. The van der Waals surface area contributed by atoms with Crippen molar-refractivity contribution in [1.82, 2.24) is 0 Å². The SMILES string of the molecule is COc1cc(O)c(F)c(C(CC(=O)O)C2CC2)c1OC. The monoisotopic (exact) mass is 284 g/mol. The quantitative estimate of drug-likeness (QED) is 0.839. The third-order valence-electron chi connectivity index (χ3n) is 3.58. The highest BCUT2D eigenvalue weighted by atomic mass is 19.1. The van der Waals surface area contributed by atoms with E-state index in [0.29, 0.717) is 0 Å².